The Hall–Kier alpha value is -2.59. The number of nitrogens with zero attached hydrogens (tertiary/aromatic N) is 2. The number of rotatable bonds is 4. The summed E-state index contributed by atoms with van der Waals surface area (Å²) in [6, 6.07) is 18.6. The van der Waals surface area contributed by atoms with Crippen LogP contribution in [0.15, 0.2) is 65.2 Å². The lowest BCUT2D eigenvalue weighted by Crippen LogP contribution is -2.26. The van der Waals surface area contributed by atoms with Gasteiger partial charge in [-0.05, 0) is 29.8 Å². The average molecular weight is 327 g/mol. The molecule has 0 aliphatic carbocycles. The van der Waals surface area contributed by atoms with Gasteiger partial charge >= 0.3 is 0 Å². The number of aromatic nitrogens is 1. The van der Waals surface area contributed by atoms with Crippen molar-refractivity contribution in [3.05, 3.63) is 76.9 Å². The lowest BCUT2D eigenvalue weighted by molar-refractivity contribution is 0.0775. The van der Waals surface area contributed by atoms with Gasteiger partial charge in [-0.2, -0.15) is 0 Å². The van der Waals surface area contributed by atoms with Crippen LogP contribution in [0.5, 0.6) is 0 Å². The van der Waals surface area contributed by atoms with Gasteiger partial charge in [0.05, 0.1) is 0 Å². The van der Waals surface area contributed by atoms with E-state index in [1.165, 1.54) is 0 Å². The predicted octanol–water partition coefficient (Wildman–Crippen LogP) is 4.27. The van der Waals surface area contributed by atoms with Crippen LogP contribution in [0.3, 0.4) is 0 Å². The molecule has 4 nitrogen and oxygen atoms in total. The van der Waals surface area contributed by atoms with Crippen LogP contribution in [0.4, 0.5) is 0 Å². The van der Waals surface area contributed by atoms with Crippen molar-refractivity contribution in [1.82, 2.24) is 10.1 Å². The minimum atomic E-state index is -0.183. The molecule has 0 saturated heterocycles. The summed E-state index contributed by atoms with van der Waals surface area (Å²) in [4.78, 5) is 14.0. The van der Waals surface area contributed by atoms with E-state index in [1.807, 2.05) is 42.5 Å². The molecule has 23 heavy (non-hydrogen) atoms. The molecule has 1 aromatic heterocycles. The number of halogens is 1. The van der Waals surface area contributed by atoms with E-state index in [2.05, 4.69) is 5.16 Å². The van der Waals surface area contributed by atoms with Crippen LogP contribution in [0, 0.1) is 0 Å². The highest BCUT2D eigenvalue weighted by Crippen LogP contribution is 2.22. The van der Waals surface area contributed by atoms with Crippen molar-refractivity contribution in [2.24, 2.45) is 0 Å². The van der Waals surface area contributed by atoms with Crippen molar-refractivity contribution >= 4 is 17.5 Å². The van der Waals surface area contributed by atoms with Gasteiger partial charge < -0.3 is 9.42 Å². The Labute approximate surface area is 139 Å². The molecule has 0 N–H and O–H groups in total. The van der Waals surface area contributed by atoms with Crippen molar-refractivity contribution in [2.75, 3.05) is 7.05 Å². The van der Waals surface area contributed by atoms with Gasteiger partial charge in [-0.15, -0.1) is 0 Å². The van der Waals surface area contributed by atoms with E-state index in [4.69, 9.17) is 16.1 Å². The van der Waals surface area contributed by atoms with Crippen molar-refractivity contribution in [2.45, 2.75) is 6.54 Å². The smallest absolute Gasteiger partial charge is 0.276 e. The molecule has 0 atom stereocenters. The van der Waals surface area contributed by atoms with Crippen molar-refractivity contribution < 1.29 is 9.32 Å². The van der Waals surface area contributed by atoms with Crippen LogP contribution in [0.2, 0.25) is 5.02 Å². The molecule has 0 aliphatic rings. The lowest BCUT2D eigenvalue weighted by Gasteiger charge is -2.15. The predicted molar refractivity (Wildman–Crippen MR) is 89.2 cm³/mol. The molecule has 2 aromatic carbocycles. The van der Waals surface area contributed by atoms with E-state index >= 15 is 0 Å². The largest absolute Gasteiger partial charge is 0.355 e. The third-order valence-electron chi connectivity index (χ3n) is 3.47. The minimum Gasteiger partial charge on any atom is -0.355 e. The molecule has 0 fully saturated rings. The first-order valence-corrected chi connectivity index (χ1v) is 7.53. The number of amides is 1. The quantitative estimate of drug-likeness (QED) is 0.719. The topological polar surface area (TPSA) is 46.3 Å². The van der Waals surface area contributed by atoms with Crippen LogP contribution in [-0.2, 0) is 6.54 Å². The van der Waals surface area contributed by atoms with Gasteiger partial charge in [0.2, 0.25) is 0 Å². The Balaban J connectivity index is 1.74. The highest BCUT2D eigenvalue weighted by Gasteiger charge is 2.17. The first-order chi connectivity index (χ1) is 11.1. The van der Waals surface area contributed by atoms with E-state index in [0.29, 0.717) is 17.3 Å². The second-order valence-corrected chi connectivity index (χ2v) is 5.67. The van der Waals surface area contributed by atoms with E-state index in [0.717, 1.165) is 11.1 Å². The summed E-state index contributed by atoms with van der Waals surface area (Å²) in [6.07, 6.45) is 0. The summed E-state index contributed by atoms with van der Waals surface area (Å²) in [7, 11) is 1.74. The van der Waals surface area contributed by atoms with Crippen molar-refractivity contribution in [1.29, 1.82) is 0 Å². The Morgan fingerprint density at radius 3 is 2.52 bits per heavy atom. The van der Waals surface area contributed by atoms with Crippen LogP contribution in [0.1, 0.15) is 16.1 Å². The summed E-state index contributed by atoms with van der Waals surface area (Å²) in [5.41, 5.74) is 2.17. The highest BCUT2D eigenvalue weighted by atomic mass is 35.5. The highest BCUT2D eigenvalue weighted by molar-refractivity contribution is 6.30. The zero-order valence-corrected chi connectivity index (χ0v) is 13.3. The monoisotopic (exact) mass is 326 g/mol. The minimum absolute atomic E-state index is 0.183. The molecule has 3 rings (SSSR count). The van der Waals surface area contributed by atoms with Gasteiger partial charge in [-0.3, -0.25) is 4.79 Å². The molecule has 1 amide bonds. The summed E-state index contributed by atoms with van der Waals surface area (Å²) in [5, 5.41) is 4.52. The number of carbonyl (C=O) groups is 1. The Bertz CT molecular complexity index is 797. The first kappa shape index (κ1) is 15.3. The molecular formula is C18H15ClN2O2. The summed E-state index contributed by atoms with van der Waals surface area (Å²) in [6.45, 7) is 0.517. The number of hydrogen-bond acceptors (Lipinski definition) is 3. The second kappa shape index (κ2) is 6.67. The van der Waals surface area contributed by atoms with E-state index in [-0.39, 0.29) is 11.6 Å². The zero-order chi connectivity index (χ0) is 16.2. The SMILES string of the molecule is CN(Cc1ccccc1)C(=O)c1cc(-c2ccc(Cl)cc2)on1. The van der Waals surface area contributed by atoms with Crippen LogP contribution < -0.4 is 0 Å². The number of hydrogen-bond donors (Lipinski definition) is 0. The fourth-order valence-electron chi connectivity index (χ4n) is 2.25. The molecule has 0 aliphatic heterocycles. The summed E-state index contributed by atoms with van der Waals surface area (Å²) < 4.78 is 5.27. The lowest BCUT2D eigenvalue weighted by atomic mass is 10.1. The Morgan fingerprint density at radius 1 is 1.13 bits per heavy atom. The molecule has 0 bridgehead atoms. The fourth-order valence-corrected chi connectivity index (χ4v) is 2.38. The molecule has 0 spiro atoms. The number of benzene rings is 2. The van der Waals surface area contributed by atoms with Crippen LogP contribution in [0.25, 0.3) is 11.3 Å². The van der Waals surface area contributed by atoms with Crippen molar-refractivity contribution in [3.63, 3.8) is 0 Å². The molecular weight excluding hydrogens is 312 g/mol. The van der Waals surface area contributed by atoms with E-state index in [9.17, 15) is 4.79 Å². The summed E-state index contributed by atoms with van der Waals surface area (Å²) in [5.74, 6) is 0.357. The third kappa shape index (κ3) is 3.60. The maximum Gasteiger partial charge on any atom is 0.276 e. The van der Waals surface area contributed by atoms with E-state index < -0.39 is 0 Å². The molecule has 116 valence electrons. The Morgan fingerprint density at radius 2 is 1.83 bits per heavy atom. The molecule has 1 heterocycles. The van der Waals surface area contributed by atoms with Gasteiger partial charge in [0.25, 0.3) is 5.91 Å². The van der Waals surface area contributed by atoms with Gasteiger partial charge in [0.15, 0.2) is 11.5 Å². The fraction of sp³-hybridized carbons (Fsp3) is 0.111. The maximum atomic E-state index is 12.4. The molecule has 0 radical (unpaired) electrons. The molecule has 3 aromatic rings. The molecule has 5 heteroatoms. The van der Waals surface area contributed by atoms with Gasteiger partial charge in [-0.25, -0.2) is 0 Å². The molecule has 0 unspecified atom stereocenters. The van der Waals surface area contributed by atoms with Crippen molar-refractivity contribution in [3.8, 4) is 11.3 Å². The summed E-state index contributed by atoms with van der Waals surface area (Å²) >= 11 is 5.87. The van der Waals surface area contributed by atoms with Gasteiger partial charge in [0, 0.05) is 30.2 Å². The average Bonchev–Trinajstić information content (AvgIpc) is 3.05. The molecule has 0 saturated carbocycles. The normalized spacial score (nSPS) is 10.5. The van der Waals surface area contributed by atoms with Gasteiger partial charge in [-0.1, -0.05) is 47.1 Å². The maximum absolute atomic E-state index is 12.4. The second-order valence-electron chi connectivity index (χ2n) is 5.23. The zero-order valence-electron chi connectivity index (χ0n) is 12.6. The van der Waals surface area contributed by atoms with Crippen LogP contribution >= 0.6 is 11.6 Å². The standard InChI is InChI=1S/C18H15ClN2O2/c1-21(12-13-5-3-2-4-6-13)18(22)16-11-17(23-20-16)14-7-9-15(19)10-8-14/h2-11H,12H2,1H3. The Kier molecular flexibility index (Phi) is 4.44. The van der Waals surface area contributed by atoms with Crippen LogP contribution in [-0.4, -0.2) is 23.0 Å². The number of carbonyl (C=O) groups excluding carboxylic acids is 1. The third-order valence-corrected chi connectivity index (χ3v) is 3.72. The van der Waals surface area contributed by atoms with E-state index in [1.54, 1.807) is 30.1 Å². The van der Waals surface area contributed by atoms with Gasteiger partial charge in [0.1, 0.15) is 0 Å². The first-order valence-electron chi connectivity index (χ1n) is 7.15.